The predicted molar refractivity (Wildman–Crippen MR) is 46.8 cm³/mol. The maximum Gasteiger partial charge on any atom is 0.423 e. The van der Waals surface area contributed by atoms with Gasteiger partial charge in [-0.15, -0.1) is 4.28 Å². The fraction of sp³-hybridized carbons (Fsp3) is 0.857. The molecule has 0 aromatic rings. The first kappa shape index (κ1) is 11.1. The molecule has 0 saturated carbocycles. The van der Waals surface area contributed by atoms with Crippen LogP contribution in [0.1, 0.15) is 12.8 Å². The minimum Gasteiger partial charge on any atom is -0.286 e. The Bertz CT molecular complexity index is 483. The number of alkyl halides is 2. The number of carbonyl (C=O) groups is 1. The van der Waals surface area contributed by atoms with Crippen LogP contribution >= 0.6 is 0 Å². The minimum atomic E-state index is -4.63. The number of hydrogen-bond donors (Lipinski definition) is 0. The molecule has 0 radical (unpaired) electrons. The lowest BCUT2D eigenvalue weighted by atomic mass is 9.98. The summed E-state index contributed by atoms with van der Waals surface area (Å²) in [5.74, 6) is 0. The van der Waals surface area contributed by atoms with Crippen LogP contribution in [0.5, 0.6) is 0 Å². The molecule has 17 heavy (non-hydrogen) atoms. The van der Waals surface area contributed by atoms with E-state index in [0.29, 0.717) is 5.06 Å². The lowest BCUT2D eigenvalue weighted by Gasteiger charge is -2.41. The Morgan fingerprint density at radius 1 is 1.47 bits per heavy atom. The monoisotopic (exact) mass is 270 g/mol. The number of halogens is 2. The lowest BCUT2D eigenvalue weighted by molar-refractivity contribution is -0.179. The number of rotatable bonds is 1. The van der Waals surface area contributed by atoms with E-state index in [1.165, 1.54) is 0 Å². The highest BCUT2D eigenvalue weighted by Crippen LogP contribution is 2.45. The summed E-state index contributed by atoms with van der Waals surface area (Å²) in [4.78, 5) is 12.4. The van der Waals surface area contributed by atoms with E-state index in [9.17, 15) is 22.0 Å². The first-order valence-electron chi connectivity index (χ1n) is 4.90. The molecule has 3 aliphatic rings. The Balaban J connectivity index is 2.16. The third-order valence-corrected chi connectivity index (χ3v) is 4.03. The van der Waals surface area contributed by atoms with Crippen LogP contribution in [0.15, 0.2) is 0 Å². The molecule has 3 aliphatic heterocycles. The highest BCUT2D eigenvalue weighted by molar-refractivity contribution is 7.81. The van der Waals surface area contributed by atoms with Gasteiger partial charge in [0, 0.05) is 13.0 Å². The molecule has 2 atom stereocenters. The van der Waals surface area contributed by atoms with Crippen molar-refractivity contribution in [1.29, 1.82) is 0 Å². The molecular weight excluding hydrogens is 262 g/mol. The Morgan fingerprint density at radius 2 is 2.18 bits per heavy atom. The maximum atomic E-state index is 13.1. The van der Waals surface area contributed by atoms with E-state index in [4.69, 9.17) is 0 Å². The predicted octanol–water partition coefficient (Wildman–Crippen LogP) is 0.0544. The molecule has 96 valence electrons. The number of carbonyl (C=O) groups excluding carboxylic acids is 1. The average Bonchev–Trinajstić information content (AvgIpc) is 2.40. The van der Waals surface area contributed by atoms with Gasteiger partial charge in [0.1, 0.15) is 0 Å². The van der Waals surface area contributed by atoms with Gasteiger partial charge in [-0.2, -0.15) is 13.5 Å². The van der Waals surface area contributed by atoms with Gasteiger partial charge < -0.3 is 0 Å². The second-order valence-corrected chi connectivity index (χ2v) is 5.26. The molecule has 10 heteroatoms. The van der Waals surface area contributed by atoms with Crippen LogP contribution < -0.4 is 0 Å². The SMILES string of the molecule is O=C1N2OS(=O)(=O)O[C@]3(C(F)F)CC[C@@H]2CN13. The summed E-state index contributed by atoms with van der Waals surface area (Å²) in [6, 6.07) is -1.41. The van der Waals surface area contributed by atoms with Crippen LogP contribution in [-0.4, -0.2) is 49.1 Å². The molecule has 7 nitrogen and oxygen atoms in total. The molecular formula is C7H8F2N2O5S. The van der Waals surface area contributed by atoms with E-state index >= 15 is 0 Å². The fourth-order valence-corrected chi connectivity index (χ4v) is 3.42. The van der Waals surface area contributed by atoms with Gasteiger partial charge in [-0.25, -0.2) is 17.8 Å². The summed E-state index contributed by atoms with van der Waals surface area (Å²) in [5, 5.41) is 0.604. The Labute approximate surface area is 95.1 Å². The third-order valence-electron chi connectivity index (χ3n) is 3.20. The number of piperidine rings is 1. The van der Waals surface area contributed by atoms with Crippen molar-refractivity contribution in [1.82, 2.24) is 9.96 Å². The summed E-state index contributed by atoms with van der Waals surface area (Å²) in [5.41, 5.74) is -2.42. The molecule has 0 aromatic carbocycles. The third kappa shape index (κ3) is 1.31. The lowest BCUT2D eigenvalue weighted by Crippen LogP contribution is -2.59. The second kappa shape index (κ2) is 3.06. The first-order chi connectivity index (χ1) is 7.86. The van der Waals surface area contributed by atoms with E-state index in [-0.39, 0.29) is 19.4 Å². The van der Waals surface area contributed by atoms with Gasteiger partial charge in [0.05, 0.1) is 6.04 Å². The minimum absolute atomic E-state index is 0.0152. The Morgan fingerprint density at radius 3 is 2.82 bits per heavy atom. The molecule has 0 unspecified atom stereocenters. The Kier molecular flexibility index (Phi) is 2.00. The van der Waals surface area contributed by atoms with Gasteiger partial charge in [0.25, 0.3) is 6.43 Å². The molecule has 0 N–H and O–H groups in total. The molecule has 3 rings (SSSR count). The largest absolute Gasteiger partial charge is 0.423 e. The summed E-state index contributed by atoms with van der Waals surface area (Å²) < 4.78 is 57.6. The normalized spacial score (nSPS) is 39.0. The number of fused-ring (bicyclic) bond motifs is 3. The van der Waals surface area contributed by atoms with Crippen LogP contribution in [-0.2, 0) is 18.9 Å². The highest BCUT2D eigenvalue weighted by atomic mass is 32.3. The quantitative estimate of drug-likeness (QED) is 0.673. The van der Waals surface area contributed by atoms with Gasteiger partial charge in [0.2, 0.25) is 5.72 Å². The molecule has 0 aliphatic carbocycles. The smallest absolute Gasteiger partial charge is 0.286 e. The van der Waals surface area contributed by atoms with Crippen molar-refractivity contribution in [3.8, 4) is 0 Å². The average molecular weight is 270 g/mol. The van der Waals surface area contributed by atoms with E-state index in [2.05, 4.69) is 8.47 Å². The van der Waals surface area contributed by atoms with Gasteiger partial charge in [-0.05, 0) is 6.42 Å². The standard InChI is InChI=1S/C7H8F2N2O5S/c8-5(9)7-2-1-4-3-10(7)6(12)11(4)16-17(13,14)15-7/h4-5H,1-3H2/t4-,7+/m1/s1. The van der Waals surface area contributed by atoms with Crippen molar-refractivity contribution in [3.63, 3.8) is 0 Å². The maximum absolute atomic E-state index is 13.1. The van der Waals surface area contributed by atoms with Crippen molar-refractivity contribution < 1.29 is 30.5 Å². The van der Waals surface area contributed by atoms with E-state index in [1.807, 2.05) is 0 Å². The van der Waals surface area contributed by atoms with E-state index in [1.54, 1.807) is 0 Å². The van der Waals surface area contributed by atoms with Crippen molar-refractivity contribution in [2.24, 2.45) is 0 Å². The molecule has 3 saturated heterocycles. The zero-order chi connectivity index (χ0) is 12.4. The number of nitrogens with zero attached hydrogens (tertiary/aromatic N) is 2. The van der Waals surface area contributed by atoms with Crippen LogP contribution in [0.3, 0.4) is 0 Å². The molecule has 0 aromatic heterocycles. The topological polar surface area (TPSA) is 76.1 Å². The zero-order valence-electron chi connectivity index (χ0n) is 8.38. The molecule has 3 heterocycles. The Hall–Kier alpha value is -1.00. The van der Waals surface area contributed by atoms with Gasteiger partial charge in [0.15, 0.2) is 0 Å². The van der Waals surface area contributed by atoms with E-state index < -0.39 is 34.6 Å². The first-order valence-corrected chi connectivity index (χ1v) is 6.23. The molecule has 0 spiro atoms. The summed E-state index contributed by atoms with van der Waals surface area (Å²) in [7, 11) is -4.63. The van der Waals surface area contributed by atoms with Crippen molar-refractivity contribution in [2.45, 2.75) is 31.0 Å². The van der Waals surface area contributed by atoms with E-state index in [0.717, 1.165) is 4.90 Å². The zero-order valence-corrected chi connectivity index (χ0v) is 9.19. The summed E-state index contributed by atoms with van der Waals surface area (Å²) in [6.07, 6.45) is -3.15. The van der Waals surface area contributed by atoms with Crippen LogP contribution in [0, 0.1) is 0 Å². The van der Waals surface area contributed by atoms with Gasteiger partial charge >= 0.3 is 16.4 Å². The van der Waals surface area contributed by atoms with Crippen LogP contribution in [0.25, 0.3) is 0 Å². The number of hydroxylamine groups is 2. The molecule has 3 bridgehead atoms. The fourth-order valence-electron chi connectivity index (χ4n) is 2.40. The highest BCUT2D eigenvalue weighted by Gasteiger charge is 2.64. The number of urea groups is 1. The van der Waals surface area contributed by atoms with Crippen molar-refractivity contribution in [2.75, 3.05) is 6.54 Å². The van der Waals surface area contributed by atoms with Gasteiger partial charge in [-0.1, -0.05) is 0 Å². The molecule has 2 amide bonds. The summed E-state index contributed by atoms with van der Waals surface area (Å²) in [6.45, 7) is -0.0152. The van der Waals surface area contributed by atoms with Crippen LogP contribution in [0.2, 0.25) is 0 Å². The van der Waals surface area contributed by atoms with Crippen molar-refractivity contribution >= 4 is 16.4 Å². The number of hydrogen-bond acceptors (Lipinski definition) is 5. The molecule has 3 fully saturated rings. The summed E-state index contributed by atoms with van der Waals surface area (Å²) >= 11 is 0. The number of amides is 2. The second-order valence-electron chi connectivity index (χ2n) is 4.12. The van der Waals surface area contributed by atoms with Crippen molar-refractivity contribution in [3.05, 3.63) is 0 Å². The van der Waals surface area contributed by atoms with Gasteiger partial charge in [-0.3, -0.25) is 4.90 Å². The van der Waals surface area contributed by atoms with Crippen LogP contribution in [0.4, 0.5) is 13.6 Å².